The Labute approximate surface area is 53.6 Å². The largest absolute Gasteiger partial charge is 0.268 e. The third-order valence-corrected chi connectivity index (χ3v) is 0.980. The summed E-state index contributed by atoms with van der Waals surface area (Å²) < 4.78 is 0. The van der Waals surface area contributed by atoms with Gasteiger partial charge in [0.05, 0.1) is 5.88 Å². The van der Waals surface area contributed by atoms with Crippen molar-refractivity contribution in [3.8, 4) is 6.07 Å². The normalized spacial score (nSPS) is 10.9. The zero-order chi connectivity index (χ0) is 6.41. The van der Waals surface area contributed by atoms with E-state index in [4.69, 9.17) is 5.26 Å². The molecule has 2 nitrogen and oxygen atoms in total. The van der Waals surface area contributed by atoms with Gasteiger partial charge in [0, 0.05) is 0 Å². The summed E-state index contributed by atoms with van der Waals surface area (Å²) in [7, 11) is 0. The molecular formula is C5H8N2S. The second kappa shape index (κ2) is 4.66. The van der Waals surface area contributed by atoms with Crippen LogP contribution in [0.15, 0.2) is 4.99 Å². The van der Waals surface area contributed by atoms with E-state index in [2.05, 4.69) is 4.99 Å². The van der Waals surface area contributed by atoms with Gasteiger partial charge in [-0.1, -0.05) is 0 Å². The van der Waals surface area contributed by atoms with Crippen molar-refractivity contribution in [3.05, 3.63) is 0 Å². The summed E-state index contributed by atoms with van der Waals surface area (Å²) in [5.74, 6) is 0.694. The van der Waals surface area contributed by atoms with E-state index in [9.17, 15) is 0 Å². The smallest absolute Gasteiger partial charge is 0.114 e. The monoisotopic (exact) mass is 128 g/mol. The summed E-state index contributed by atoms with van der Waals surface area (Å²) in [6, 6.07) is 1.94. The van der Waals surface area contributed by atoms with E-state index in [1.807, 2.05) is 12.3 Å². The Bertz CT molecular complexity index is 123. The molecule has 0 rings (SSSR count). The first kappa shape index (κ1) is 7.51. The van der Waals surface area contributed by atoms with Gasteiger partial charge >= 0.3 is 0 Å². The summed E-state index contributed by atoms with van der Waals surface area (Å²) in [5.41, 5.74) is 0.555. The number of rotatable bonds is 2. The van der Waals surface area contributed by atoms with Crippen LogP contribution in [0.1, 0.15) is 6.92 Å². The summed E-state index contributed by atoms with van der Waals surface area (Å²) in [6.07, 6.45) is 1.95. The second-order valence-corrected chi connectivity index (χ2v) is 2.11. The van der Waals surface area contributed by atoms with Crippen LogP contribution in [0.2, 0.25) is 0 Å². The van der Waals surface area contributed by atoms with Gasteiger partial charge in [-0.05, 0) is 13.2 Å². The lowest BCUT2D eigenvalue weighted by Gasteiger charge is -1.83. The molecule has 0 spiro atoms. The molecule has 0 radical (unpaired) electrons. The highest BCUT2D eigenvalue weighted by Crippen LogP contribution is 1.90. The topological polar surface area (TPSA) is 36.1 Å². The Morgan fingerprint density at radius 2 is 2.50 bits per heavy atom. The molecule has 0 aliphatic rings. The van der Waals surface area contributed by atoms with Crippen molar-refractivity contribution in [2.45, 2.75) is 6.92 Å². The summed E-state index contributed by atoms with van der Waals surface area (Å²) >= 11 is 1.61. The molecule has 0 amide bonds. The van der Waals surface area contributed by atoms with E-state index in [1.54, 1.807) is 18.7 Å². The van der Waals surface area contributed by atoms with Gasteiger partial charge in [0.25, 0.3) is 0 Å². The molecular weight excluding hydrogens is 120 g/mol. The SMILES string of the molecule is CSCN=C(C)C#N. The molecule has 0 atom stereocenters. The molecule has 0 aromatic heterocycles. The van der Waals surface area contributed by atoms with Crippen LogP contribution in [0.5, 0.6) is 0 Å². The number of aliphatic imine (C=N–C) groups is 1. The maximum absolute atomic E-state index is 8.17. The first-order chi connectivity index (χ1) is 3.81. The quantitative estimate of drug-likeness (QED) is 0.525. The van der Waals surface area contributed by atoms with E-state index in [0.29, 0.717) is 11.6 Å². The van der Waals surface area contributed by atoms with Gasteiger partial charge < -0.3 is 0 Å². The van der Waals surface area contributed by atoms with E-state index < -0.39 is 0 Å². The lowest BCUT2D eigenvalue weighted by Crippen LogP contribution is -1.84. The number of nitrogens with zero attached hydrogens (tertiary/aromatic N) is 2. The Balaban J connectivity index is 3.46. The molecule has 0 unspecified atom stereocenters. The molecule has 3 heteroatoms. The minimum Gasteiger partial charge on any atom is -0.268 e. The van der Waals surface area contributed by atoms with Crippen molar-refractivity contribution < 1.29 is 0 Å². The number of hydrogen-bond acceptors (Lipinski definition) is 3. The standard InChI is InChI=1S/C5H8N2S/c1-5(3-6)7-4-8-2/h4H2,1-2H3. The minimum atomic E-state index is 0.555. The molecule has 0 aliphatic heterocycles. The summed E-state index contributed by atoms with van der Waals surface area (Å²) in [4.78, 5) is 3.88. The molecule has 8 heavy (non-hydrogen) atoms. The van der Waals surface area contributed by atoms with Gasteiger partial charge in [0.15, 0.2) is 0 Å². The van der Waals surface area contributed by atoms with Crippen LogP contribution in [0, 0.1) is 11.3 Å². The Hall–Kier alpha value is -0.490. The molecule has 44 valence electrons. The average Bonchev–Trinajstić information content (AvgIpc) is 1.83. The van der Waals surface area contributed by atoms with Crippen molar-refractivity contribution in [3.63, 3.8) is 0 Å². The van der Waals surface area contributed by atoms with Gasteiger partial charge in [0.2, 0.25) is 0 Å². The van der Waals surface area contributed by atoms with Crippen LogP contribution in [0.25, 0.3) is 0 Å². The average molecular weight is 128 g/mol. The number of thioether (sulfide) groups is 1. The highest BCUT2D eigenvalue weighted by molar-refractivity contribution is 7.98. The minimum absolute atomic E-state index is 0.555. The highest BCUT2D eigenvalue weighted by Gasteiger charge is 1.80. The second-order valence-electron chi connectivity index (χ2n) is 1.27. The van der Waals surface area contributed by atoms with Crippen LogP contribution in [0.4, 0.5) is 0 Å². The van der Waals surface area contributed by atoms with E-state index in [1.165, 1.54) is 0 Å². The zero-order valence-electron chi connectivity index (χ0n) is 5.01. The molecule has 0 aromatic rings. The fourth-order valence-corrected chi connectivity index (χ4v) is 0.519. The van der Waals surface area contributed by atoms with Gasteiger partial charge in [0.1, 0.15) is 11.8 Å². The predicted molar refractivity (Wildman–Crippen MR) is 37.1 cm³/mol. The molecule has 0 bridgehead atoms. The maximum Gasteiger partial charge on any atom is 0.114 e. The van der Waals surface area contributed by atoms with E-state index >= 15 is 0 Å². The van der Waals surface area contributed by atoms with E-state index in [0.717, 1.165) is 0 Å². The van der Waals surface area contributed by atoms with Gasteiger partial charge in [-0.2, -0.15) is 5.26 Å². The molecule has 0 heterocycles. The molecule has 0 aromatic carbocycles. The van der Waals surface area contributed by atoms with Gasteiger partial charge in [-0.3, -0.25) is 4.99 Å². The Morgan fingerprint density at radius 1 is 1.88 bits per heavy atom. The van der Waals surface area contributed by atoms with Crippen molar-refractivity contribution in [2.24, 2.45) is 4.99 Å². The van der Waals surface area contributed by atoms with Gasteiger partial charge in [-0.15, -0.1) is 11.8 Å². The fourth-order valence-electron chi connectivity index (χ4n) is 0.197. The lowest BCUT2D eigenvalue weighted by molar-refractivity contribution is 1.37. The molecule has 0 saturated heterocycles. The van der Waals surface area contributed by atoms with Crippen LogP contribution in [-0.4, -0.2) is 17.8 Å². The first-order valence-corrected chi connectivity index (χ1v) is 3.60. The van der Waals surface area contributed by atoms with Crippen LogP contribution in [-0.2, 0) is 0 Å². The zero-order valence-corrected chi connectivity index (χ0v) is 5.83. The number of hydrogen-bond donors (Lipinski definition) is 0. The van der Waals surface area contributed by atoms with Crippen LogP contribution in [0.3, 0.4) is 0 Å². The molecule has 0 aliphatic carbocycles. The lowest BCUT2D eigenvalue weighted by atomic mass is 10.5. The van der Waals surface area contributed by atoms with Crippen molar-refractivity contribution in [2.75, 3.05) is 12.1 Å². The highest BCUT2D eigenvalue weighted by atomic mass is 32.2. The van der Waals surface area contributed by atoms with Crippen molar-refractivity contribution >= 4 is 17.5 Å². The van der Waals surface area contributed by atoms with Crippen LogP contribution < -0.4 is 0 Å². The molecule has 0 fully saturated rings. The van der Waals surface area contributed by atoms with Crippen molar-refractivity contribution in [1.82, 2.24) is 0 Å². The number of nitriles is 1. The first-order valence-electron chi connectivity index (χ1n) is 2.21. The maximum atomic E-state index is 8.17. The Kier molecular flexibility index (Phi) is 4.38. The summed E-state index contributed by atoms with van der Waals surface area (Å²) in [6.45, 7) is 1.70. The fraction of sp³-hybridized carbons (Fsp3) is 0.600. The summed E-state index contributed by atoms with van der Waals surface area (Å²) in [5, 5.41) is 8.17. The van der Waals surface area contributed by atoms with Crippen molar-refractivity contribution in [1.29, 1.82) is 5.26 Å². The third-order valence-electron chi connectivity index (χ3n) is 0.593. The molecule has 0 N–H and O–H groups in total. The van der Waals surface area contributed by atoms with Crippen LogP contribution >= 0.6 is 11.8 Å². The Morgan fingerprint density at radius 3 is 2.88 bits per heavy atom. The molecule has 0 saturated carbocycles. The van der Waals surface area contributed by atoms with Gasteiger partial charge in [-0.25, -0.2) is 0 Å². The van der Waals surface area contributed by atoms with E-state index in [-0.39, 0.29) is 0 Å². The predicted octanol–water partition coefficient (Wildman–Crippen LogP) is 1.29. The third kappa shape index (κ3) is 3.69.